The fraction of sp³-hybridized carbons (Fsp3) is 0.417. The van der Waals surface area contributed by atoms with Gasteiger partial charge in [0.2, 0.25) is 5.91 Å². The highest BCUT2D eigenvalue weighted by Gasteiger charge is 2.19. The van der Waals surface area contributed by atoms with Crippen molar-refractivity contribution in [3.63, 3.8) is 0 Å². The van der Waals surface area contributed by atoms with Gasteiger partial charge in [-0.15, -0.1) is 24.0 Å². The predicted octanol–water partition coefficient (Wildman–Crippen LogP) is 3.69. The zero-order chi connectivity index (χ0) is 22.1. The Bertz CT molecular complexity index is 909. The number of rotatable bonds is 8. The van der Waals surface area contributed by atoms with E-state index in [9.17, 15) is 9.18 Å². The number of fused-ring (bicyclic) bond motifs is 1. The highest BCUT2D eigenvalue weighted by atomic mass is 127. The number of benzene rings is 2. The van der Waals surface area contributed by atoms with Gasteiger partial charge >= 0.3 is 0 Å². The molecule has 0 aliphatic carbocycles. The molecule has 1 aliphatic rings. The lowest BCUT2D eigenvalue weighted by atomic mass is 9.99. The largest absolute Gasteiger partial charge is 0.489 e. The number of ether oxygens (including phenoxy) is 1. The second-order valence-corrected chi connectivity index (χ2v) is 7.61. The van der Waals surface area contributed by atoms with Crippen LogP contribution in [0.3, 0.4) is 0 Å². The molecule has 6 nitrogen and oxygen atoms in total. The van der Waals surface area contributed by atoms with E-state index in [1.54, 1.807) is 25.2 Å². The van der Waals surface area contributed by atoms with E-state index in [4.69, 9.17) is 4.74 Å². The van der Waals surface area contributed by atoms with E-state index in [0.29, 0.717) is 32.7 Å². The van der Waals surface area contributed by atoms with Crippen LogP contribution in [0.2, 0.25) is 0 Å². The van der Waals surface area contributed by atoms with Crippen LogP contribution in [-0.4, -0.2) is 62.0 Å². The molecular weight excluding hydrogens is 522 g/mol. The quantitative estimate of drug-likeness (QED) is 0.234. The van der Waals surface area contributed by atoms with Gasteiger partial charge in [-0.2, -0.15) is 0 Å². The minimum atomic E-state index is -0.366. The topological polar surface area (TPSA) is 57.2 Å². The number of para-hydroxylation sites is 1. The fourth-order valence-corrected chi connectivity index (χ4v) is 3.65. The number of carbonyl (C=O) groups excluding carboxylic acids is 1. The number of nitrogens with zero attached hydrogens (tertiary/aromatic N) is 3. The molecule has 32 heavy (non-hydrogen) atoms. The molecule has 0 radical (unpaired) electrons. The van der Waals surface area contributed by atoms with Crippen molar-refractivity contribution in [2.75, 3.05) is 40.3 Å². The number of carbonyl (C=O) groups is 1. The third-order valence-electron chi connectivity index (χ3n) is 5.43. The first-order valence-corrected chi connectivity index (χ1v) is 10.7. The molecule has 2 aromatic carbocycles. The van der Waals surface area contributed by atoms with Gasteiger partial charge < -0.3 is 19.9 Å². The number of nitrogens with one attached hydrogen (secondary N) is 1. The van der Waals surface area contributed by atoms with Crippen molar-refractivity contribution in [2.24, 2.45) is 4.99 Å². The van der Waals surface area contributed by atoms with Crippen molar-refractivity contribution in [3.8, 4) is 5.75 Å². The Morgan fingerprint density at radius 2 is 1.91 bits per heavy atom. The summed E-state index contributed by atoms with van der Waals surface area (Å²) in [6, 6.07) is 14.7. The predicted molar refractivity (Wildman–Crippen MR) is 136 cm³/mol. The maximum Gasteiger partial charge on any atom is 0.222 e. The highest BCUT2D eigenvalue weighted by Crippen LogP contribution is 2.19. The van der Waals surface area contributed by atoms with Crippen molar-refractivity contribution < 1.29 is 13.9 Å². The minimum Gasteiger partial charge on any atom is -0.489 e. The van der Waals surface area contributed by atoms with E-state index < -0.39 is 0 Å². The molecule has 8 heteroatoms. The minimum absolute atomic E-state index is 0. The number of amides is 1. The third-order valence-corrected chi connectivity index (χ3v) is 5.43. The highest BCUT2D eigenvalue weighted by molar-refractivity contribution is 14.0. The smallest absolute Gasteiger partial charge is 0.222 e. The molecule has 0 spiro atoms. The summed E-state index contributed by atoms with van der Waals surface area (Å²) in [6.07, 6.45) is 2.16. The van der Waals surface area contributed by atoms with Gasteiger partial charge in [0.15, 0.2) is 17.5 Å². The second-order valence-electron chi connectivity index (χ2n) is 7.61. The molecule has 0 bridgehead atoms. The summed E-state index contributed by atoms with van der Waals surface area (Å²) in [5.74, 6) is 0.793. The average molecular weight is 554 g/mol. The van der Waals surface area contributed by atoms with Crippen LogP contribution in [0.1, 0.15) is 24.0 Å². The first kappa shape index (κ1) is 25.9. The van der Waals surface area contributed by atoms with Crippen LogP contribution >= 0.6 is 24.0 Å². The van der Waals surface area contributed by atoms with Crippen molar-refractivity contribution in [2.45, 2.75) is 25.8 Å². The molecule has 0 aromatic heterocycles. The van der Waals surface area contributed by atoms with Crippen LogP contribution in [0.5, 0.6) is 5.75 Å². The number of hydrogen-bond donors (Lipinski definition) is 1. The molecule has 1 N–H and O–H groups in total. The first-order valence-electron chi connectivity index (χ1n) is 10.7. The van der Waals surface area contributed by atoms with Crippen molar-refractivity contribution in [3.05, 3.63) is 65.5 Å². The van der Waals surface area contributed by atoms with Crippen molar-refractivity contribution >= 4 is 35.8 Å². The number of halogens is 2. The van der Waals surface area contributed by atoms with Gasteiger partial charge in [0.05, 0.1) is 6.54 Å². The van der Waals surface area contributed by atoms with E-state index in [1.165, 1.54) is 17.2 Å². The Morgan fingerprint density at radius 3 is 2.66 bits per heavy atom. The van der Waals surface area contributed by atoms with Gasteiger partial charge in [-0.3, -0.25) is 9.79 Å². The Balaban J connectivity index is 0.00000363. The first-order chi connectivity index (χ1) is 15.1. The standard InChI is InChI=1S/C24H31FN4O2.HI/c1-26-24(28(2)16-17-31-22-11-6-5-10-21(22)25)27-14-7-12-23(30)29-15-13-19-8-3-4-9-20(19)18-29;/h3-6,8-11H,7,12-18H2,1-2H3,(H,26,27);1H. The summed E-state index contributed by atoms with van der Waals surface area (Å²) in [7, 11) is 3.61. The summed E-state index contributed by atoms with van der Waals surface area (Å²) in [5.41, 5.74) is 2.60. The molecular formula is C24H32FIN4O2. The van der Waals surface area contributed by atoms with Crippen LogP contribution in [0.15, 0.2) is 53.5 Å². The molecule has 3 rings (SSSR count). The van der Waals surface area contributed by atoms with E-state index in [2.05, 4.69) is 28.5 Å². The Hall–Kier alpha value is -2.36. The zero-order valence-corrected chi connectivity index (χ0v) is 21.1. The molecule has 0 atom stereocenters. The molecule has 1 amide bonds. The van der Waals surface area contributed by atoms with Gasteiger partial charge in [0.25, 0.3) is 0 Å². The molecule has 0 unspecified atom stereocenters. The molecule has 1 heterocycles. The number of hydrogen-bond acceptors (Lipinski definition) is 3. The van der Waals surface area contributed by atoms with Gasteiger partial charge in [-0.25, -0.2) is 4.39 Å². The molecule has 0 fully saturated rings. The van der Waals surface area contributed by atoms with Gasteiger partial charge in [-0.1, -0.05) is 36.4 Å². The second kappa shape index (κ2) is 13.2. The Morgan fingerprint density at radius 1 is 1.19 bits per heavy atom. The van der Waals surface area contributed by atoms with Crippen LogP contribution < -0.4 is 10.1 Å². The summed E-state index contributed by atoms with van der Waals surface area (Å²) < 4.78 is 19.1. The Kier molecular flexibility index (Phi) is 10.7. The van der Waals surface area contributed by atoms with E-state index >= 15 is 0 Å². The molecule has 0 saturated carbocycles. The number of likely N-dealkylation sites (N-methyl/N-ethyl adjacent to an activating group) is 1. The average Bonchev–Trinajstić information content (AvgIpc) is 2.79. The lowest BCUT2D eigenvalue weighted by Crippen LogP contribution is -2.41. The molecule has 2 aromatic rings. The van der Waals surface area contributed by atoms with Crippen LogP contribution in [0, 0.1) is 5.82 Å². The van der Waals surface area contributed by atoms with Gasteiger partial charge in [0, 0.05) is 40.2 Å². The molecule has 1 aliphatic heterocycles. The molecule has 174 valence electrons. The van der Waals surface area contributed by atoms with Crippen molar-refractivity contribution in [1.29, 1.82) is 0 Å². The van der Waals surface area contributed by atoms with E-state index in [-0.39, 0.29) is 41.5 Å². The molecule has 0 saturated heterocycles. The van der Waals surface area contributed by atoms with E-state index in [0.717, 1.165) is 25.3 Å². The monoisotopic (exact) mass is 554 g/mol. The van der Waals surface area contributed by atoms with Crippen LogP contribution in [0.25, 0.3) is 0 Å². The normalized spacial score (nSPS) is 13.1. The Labute approximate surface area is 206 Å². The van der Waals surface area contributed by atoms with E-state index in [1.807, 2.05) is 22.9 Å². The van der Waals surface area contributed by atoms with Crippen molar-refractivity contribution in [1.82, 2.24) is 15.1 Å². The van der Waals surface area contributed by atoms with Gasteiger partial charge in [0.1, 0.15) is 6.61 Å². The maximum atomic E-state index is 13.6. The summed E-state index contributed by atoms with van der Waals surface area (Å²) in [6.45, 7) is 3.04. The number of aliphatic imine (C=N–C) groups is 1. The van der Waals surface area contributed by atoms with Crippen LogP contribution in [0.4, 0.5) is 4.39 Å². The fourth-order valence-electron chi connectivity index (χ4n) is 3.65. The van der Waals surface area contributed by atoms with Gasteiger partial charge in [-0.05, 0) is 36.1 Å². The lowest BCUT2D eigenvalue weighted by molar-refractivity contribution is -0.132. The summed E-state index contributed by atoms with van der Waals surface area (Å²) >= 11 is 0. The SMILES string of the molecule is CN=C(NCCCC(=O)N1CCc2ccccc2C1)N(C)CCOc1ccccc1F.I. The summed E-state index contributed by atoms with van der Waals surface area (Å²) in [4.78, 5) is 20.7. The third kappa shape index (κ3) is 7.36. The van der Waals surface area contributed by atoms with Crippen LogP contribution in [-0.2, 0) is 17.8 Å². The maximum absolute atomic E-state index is 13.6. The zero-order valence-electron chi connectivity index (χ0n) is 18.7. The lowest BCUT2D eigenvalue weighted by Gasteiger charge is -2.29. The number of guanidine groups is 1. The summed E-state index contributed by atoms with van der Waals surface area (Å²) in [5, 5.41) is 3.28.